The van der Waals surface area contributed by atoms with Crippen molar-refractivity contribution in [1.82, 2.24) is 0 Å². The highest BCUT2D eigenvalue weighted by atomic mass is 32.1. The van der Waals surface area contributed by atoms with Crippen LogP contribution in [0.15, 0.2) is 12.1 Å². The summed E-state index contributed by atoms with van der Waals surface area (Å²) in [6.07, 6.45) is 4.26. The molecule has 1 aliphatic rings. The van der Waals surface area contributed by atoms with Gasteiger partial charge in [-0.3, -0.25) is 0 Å². The van der Waals surface area contributed by atoms with E-state index in [1.807, 2.05) is 0 Å². The van der Waals surface area contributed by atoms with Crippen LogP contribution in [0.1, 0.15) is 42.9 Å². The van der Waals surface area contributed by atoms with E-state index < -0.39 is 0 Å². The van der Waals surface area contributed by atoms with E-state index in [1.54, 1.807) is 11.3 Å². The first-order valence-corrected chi connectivity index (χ1v) is 7.38. The second-order valence-corrected chi connectivity index (χ2v) is 6.68. The highest BCUT2D eigenvalue weighted by Crippen LogP contribution is 2.31. The van der Waals surface area contributed by atoms with Crippen molar-refractivity contribution in [2.45, 2.75) is 52.4 Å². The number of hydrogen-bond acceptors (Lipinski definition) is 3. The van der Waals surface area contributed by atoms with Gasteiger partial charge in [0.05, 0.1) is 12.7 Å². The molecule has 2 N–H and O–H groups in total. The molecule has 0 spiro atoms. The van der Waals surface area contributed by atoms with Crippen LogP contribution in [-0.2, 0) is 17.9 Å². The summed E-state index contributed by atoms with van der Waals surface area (Å²) in [5.74, 6) is 1.62. The fourth-order valence-electron chi connectivity index (χ4n) is 2.82. The Morgan fingerprint density at radius 2 is 1.82 bits per heavy atom. The number of nitrogens with two attached hydrogens (primary N) is 1. The average molecular weight is 253 g/mol. The largest absolute Gasteiger partial charge is 0.373 e. The fraction of sp³-hybridized carbons (Fsp3) is 0.714. The maximum absolute atomic E-state index is 6.04. The topological polar surface area (TPSA) is 35.2 Å². The van der Waals surface area contributed by atoms with Gasteiger partial charge in [-0.15, -0.1) is 11.3 Å². The van der Waals surface area contributed by atoms with E-state index in [1.165, 1.54) is 29.0 Å². The van der Waals surface area contributed by atoms with Crippen LogP contribution in [0.25, 0.3) is 0 Å². The van der Waals surface area contributed by atoms with E-state index in [9.17, 15) is 0 Å². The molecule has 17 heavy (non-hydrogen) atoms. The summed E-state index contributed by atoms with van der Waals surface area (Å²) in [4.78, 5) is 2.55. The summed E-state index contributed by atoms with van der Waals surface area (Å²) in [6.45, 7) is 6.07. The van der Waals surface area contributed by atoms with Crippen LogP contribution in [0.3, 0.4) is 0 Å². The molecule has 2 rings (SSSR count). The molecule has 1 aromatic rings. The summed E-state index contributed by atoms with van der Waals surface area (Å²) < 4.78 is 6.04. The lowest BCUT2D eigenvalue weighted by atomic mass is 9.82. The van der Waals surface area contributed by atoms with Gasteiger partial charge < -0.3 is 10.5 Å². The van der Waals surface area contributed by atoms with Crippen molar-refractivity contribution >= 4 is 11.3 Å². The van der Waals surface area contributed by atoms with Crippen LogP contribution in [0.2, 0.25) is 0 Å². The van der Waals surface area contributed by atoms with Crippen molar-refractivity contribution in [3.05, 3.63) is 21.9 Å². The molecule has 1 aromatic heterocycles. The Morgan fingerprint density at radius 3 is 2.41 bits per heavy atom. The van der Waals surface area contributed by atoms with Crippen LogP contribution in [0, 0.1) is 11.8 Å². The molecule has 0 aliphatic heterocycles. The number of thiophene rings is 1. The van der Waals surface area contributed by atoms with Gasteiger partial charge in [0.1, 0.15) is 0 Å². The predicted molar refractivity (Wildman–Crippen MR) is 73.0 cm³/mol. The quantitative estimate of drug-likeness (QED) is 0.890. The normalized spacial score (nSPS) is 29.5. The van der Waals surface area contributed by atoms with Gasteiger partial charge in [0.2, 0.25) is 0 Å². The van der Waals surface area contributed by atoms with Crippen molar-refractivity contribution in [3.63, 3.8) is 0 Å². The third-order valence-corrected chi connectivity index (χ3v) is 4.60. The molecule has 0 amide bonds. The van der Waals surface area contributed by atoms with Crippen LogP contribution in [0.4, 0.5) is 0 Å². The molecule has 2 atom stereocenters. The second kappa shape index (κ2) is 5.98. The molecule has 0 radical (unpaired) electrons. The molecule has 2 nitrogen and oxygen atoms in total. The molecule has 1 heterocycles. The Balaban J connectivity index is 1.81. The Morgan fingerprint density at radius 1 is 1.18 bits per heavy atom. The molecular weight excluding hydrogens is 230 g/mol. The second-order valence-electron chi connectivity index (χ2n) is 5.42. The smallest absolute Gasteiger partial charge is 0.0813 e. The van der Waals surface area contributed by atoms with Crippen molar-refractivity contribution in [2.24, 2.45) is 17.6 Å². The molecule has 0 aromatic carbocycles. The lowest BCUT2D eigenvalue weighted by molar-refractivity contribution is -0.00803. The maximum Gasteiger partial charge on any atom is 0.0813 e. The van der Waals surface area contributed by atoms with Crippen molar-refractivity contribution < 1.29 is 4.74 Å². The SMILES string of the molecule is CC1CC(C)CC(OCc2ccc(CN)s2)C1. The lowest BCUT2D eigenvalue weighted by Crippen LogP contribution is -2.26. The molecule has 1 saturated carbocycles. The van der Waals surface area contributed by atoms with Gasteiger partial charge in [-0.25, -0.2) is 0 Å². The first-order chi connectivity index (χ1) is 8.17. The number of rotatable bonds is 4. The van der Waals surface area contributed by atoms with Gasteiger partial charge in [-0.05, 0) is 43.2 Å². The molecule has 1 aliphatic carbocycles. The predicted octanol–water partition coefficient (Wildman–Crippen LogP) is 3.55. The first kappa shape index (κ1) is 13.1. The zero-order valence-electron chi connectivity index (χ0n) is 10.8. The summed E-state index contributed by atoms with van der Waals surface area (Å²) in [5.41, 5.74) is 5.61. The van der Waals surface area contributed by atoms with E-state index in [0.717, 1.165) is 18.4 Å². The number of ether oxygens (including phenoxy) is 1. The summed E-state index contributed by atoms with van der Waals surface area (Å²) in [5, 5.41) is 0. The molecule has 1 fully saturated rings. The van der Waals surface area contributed by atoms with Gasteiger partial charge >= 0.3 is 0 Å². The molecule has 2 unspecified atom stereocenters. The van der Waals surface area contributed by atoms with Crippen LogP contribution in [0.5, 0.6) is 0 Å². The minimum atomic E-state index is 0.456. The van der Waals surface area contributed by atoms with E-state index in [4.69, 9.17) is 10.5 Å². The van der Waals surface area contributed by atoms with Gasteiger partial charge in [-0.2, -0.15) is 0 Å². The zero-order chi connectivity index (χ0) is 12.3. The highest BCUT2D eigenvalue weighted by Gasteiger charge is 2.24. The van der Waals surface area contributed by atoms with Gasteiger partial charge in [0.15, 0.2) is 0 Å². The molecule has 96 valence electrons. The first-order valence-electron chi connectivity index (χ1n) is 6.56. The number of hydrogen-bond donors (Lipinski definition) is 1. The highest BCUT2D eigenvalue weighted by molar-refractivity contribution is 7.11. The van der Waals surface area contributed by atoms with E-state index >= 15 is 0 Å². The Kier molecular flexibility index (Phi) is 4.60. The van der Waals surface area contributed by atoms with Crippen molar-refractivity contribution in [1.29, 1.82) is 0 Å². The van der Waals surface area contributed by atoms with E-state index in [0.29, 0.717) is 12.6 Å². The molecular formula is C14H23NOS. The summed E-state index contributed by atoms with van der Waals surface area (Å²) in [6, 6.07) is 4.25. The molecule has 0 bridgehead atoms. The van der Waals surface area contributed by atoms with Crippen LogP contribution >= 0.6 is 11.3 Å². The van der Waals surface area contributed by atoms with Crippen molar-refractivity contribution in [3.8, 4) is 0 Å². The third-order valence-electron chi connectivity index (χ3n) is 3.52. The lowest BCUT2D eigenvalue weighted by Gasteiger charge is -2.31. The third kappa shape index (κ3) is 3.80. The van der Waals surface area contributed by atoms with E-state index in [-0.39, 0.29) is 0 Å². The maximum atomic E-state index is 6.04. The molecule has 3 heteroatoms. The van der Waals surface area contributed by atoms with Gasteiger partial charge in [-0.1, -0.05) is 13.8 Å². The van der Waals surface area contributed by atoms with E-state index in [2.05, 4.69) is 26.0 Å². The average Bonchev–Trinajstić information content (AvgIpc) is 2.73. The molecule has 0 saturated heterocycles. The fourth-order valence-corrected chi connectivity index (χ4v) is 3.64. The van der Waals surface area contributed by atoms with Crippen molar-refractivity contribution in [2.75, 3.05) is 0 Å². The standard InChI is InChI=1S/C14H23NOS/c1-10-5-11(2)7-12(6-10)16-9-14-4-3-13(8-15)17-14/h3-4,10-12H,5-9,15H2,1-2H3. The van der Waals surface area contributed by atoms with Crippen LogP contribution in [-0.4, -0.2) is 6.10 Å². The Bertz CT molecular complexity index is 340. The summed E-state index contributed by atoms with van der Waals surface area (Å²) in [7, 11) is 0. The monoisotopic (exact) mass is 253 g/mol. The van der Waals surface area contributed by atoms with Crippen LogP contribution < -0.4 is 5.73 Å². The minimum absolute atomic E-state index is 0.456. The minimum Gasteiger partial charge on any atom is -0.373 e. The zero-order valence-corrected chi connectivity index (χ0v) is 11.6. The van der Waals surface area contributed by atoms with Gasteiger partial charge in [0, 0.05) is 16.3 Å². The Hall–Kier alpha value is -0.380. The Labute approximate surface area is 108 Å². The summed E-state index contributed by atoms with van der Waals surface area (Å²) >= 11 is 1.77. The van der Waals surface area contributed by atoms with Gasteiger partial charge in [0.25, 0.3) is 0 Å².